The second-order valence-electron chi connectivity index (χ2n) is 5.84. The summed E-state index contributed by atoms with van der Waals surface area (Å²) in [5.74, 6) is 2.31. The third kappa shape index (κ3) is 2.78. The maximum atomic E-state index is 5.50. The first kappa shape index (κ1) is 14.1. The zero-order valence-corrected chi connectivity index (χ0v) is 12.9. The minimum Gasteiger partial charge on any atom is -0.495 e. The lowest BCUT2D eigenvalue weighted by atomic mass is 9.97. The maximum Gasteiger partial charge on any atom is 0.142 e. The Balaban J connectivity index is 2.01. The van der Waals surface area contributed by atoms with E-state index in [1.165, 1.54) is 18.5 Å². The zero-order chi connectivity index (χ0) is 14.8. The van der Waals surface area contributed by atoms with Gasteiger partial charge in [0.15, 0.2) is 0 Å². The first-order valence-electron chi connectivity index (χ1n) is 7.42. The summed E-state index contributed by atoms with van der Waals surface area (Å²) in [4.78, 5) is 2.36. The standard InChI is InChI=1S/C16H22N4O/c1-12-6-7-15(21-3)14(9-12)20-11-17-18-16(20)13-5-4-8-19(2)10-13/h6-7,9,11,13H,4-5,8,10H2,1-3H3. The molecule has 1 saturated heterocycles. The number of rotatable bonds is 3. The summed E-state index contributed by atoms with van der Waals surface area (Å²) < 4.78 is 7.58. The summed E-state index contributed by atoms with van der Waals surface area (Å²) >= 11 is 0. The average molecular weight is 286 g/mol. The number of ether oxygens (including phenoxy) is 1. The third-order valence-corrected chi connectivity index (χ3v) is 4.16. The van der Waals surface area contributed by atoms with Crippen LogP contribution in [-0.2, 0) is 0 Å². The van der Waals surface area contributed by atoms with Crippen LogP contribution in [0.5, 0.6) is 5.75 Å². The van der Waals surface area contributed by atoms with Crippen LogP contribution in [0.1, 0.15) is 30.1 Å². The Hall–Kier alpha value is -1.88. The lowest BCUT2D eigenvalue weighted by Crippen LogP contribution is -2.32. The molecule has 1 aliphatic heterocycles. The molecule has 0 aliphatic carbocycles. The molecule has 0 amide bonds. The van der Waals surface area contributed by atoms with E-state index in [1.807, 2.05) is 6.07 Å². The average Bonchev–Trinajstić information content (AvgIpc) is 2.96. The molecule has 1 aliphatic rings. The predicted molar refractivity (Wildman–Crippen MR) is 82.1 cm³/mol. The minimum atomic E-state index is 0.427. The molecule has 2 aromatic rings. The molecule has 112 valence electrons. The summed E-state index contributed by atoms with van der Waals surface area (Å²) in [6.07, 6.45) is 4.16. The summed E-state index contributed by atoms with van der Waals surface area (Å²) in [5, 5.41) is 8.53. The van der Waals surface area contributed by atoms with Crippen molar-refractivity contribution < 1.29 is 4.74 Å². The number of aromatic nitrogens is 3. The molecule has 1 aromatic heterocycles. The van der Waals surface area contributed by atoms with E-state index in [0.717, 1.165) is 30.2 Å². The molecule has 0 bridgehead atoms. The molecule has 5 nitrogen and oxygen atoms in total. The Morgan fingerprint density at radius 1 is 1.33 bits per heavy atom. The van der Waals surface area contributed by atoms with Gasteiger partial charge in [-0.15, -0.1) is 10.2 Å². The molecule has 1 aromatic carbocycles. The highest BCUT2D eigenvalue weighted by atomic mass is 16.5. The number of methoxy groups -OCH3 is 1. The molecule has 1 atom stereocenters. The first-order valence-corrected chi connectivity index (χ1v) is 7.42. The highest BCUT2D eigenvalue weighted by Crippen LogP contribution is 2.30. The summed E-state index contributed by atoms with van der Waals surface area (Å²) in [7, 11) is 3.87. The minimum absolute atomic E-state index is 0.427. The molecule has 1 fully saturated rings. The fourth-order valence-electron chi connectivity index (χ4n) is 3.07. The van der Waals surface area contributed by atoms with Crippen molar-refractivity contribution in [2.45, 2.75) is 25.7 Å². The number of likely N-dealkylation sites (N-methyl/N-ethyl adjacent to an activating group) is 1. The van der Waals surface area contributed by atoms with Gasteiger partial charge in [0.2, 0.25) is 0 Å². The van der Waals surface area contributed by atoms with E-state index in [4.69, 9.17) is 4.74 Å². The van der Waals surface area contributed by atoms with Crippen molar-refractivity contribution in [1.82, 2.24) is 19.7 Å². The number of hydrogen-bond donors (Lipinski definition) is 0. The first-order chi connectivity index (χ1) is 10.2. The SMILES string of the molecule is COc1ccc(C)cc1-n1cnnc1C1CCCN(C)C1. The normalized spacial score (nSPS) is 19.7. The Bertz CT molecular complexity index is 622. The molecule has 0 spiro atoms. The predicted octanol–water partition coefficient (Wildman–Crippen LogP) is 2.39. The van der Waals surface area contributed by atoms with Crippen LogP contribution in [0.4, 0.5) is 0 Å². The number of piperidine rings is 1. The second kappa shape index (κ2) is 5.85. The van der Waals surface area contributed by atoms with Gasteiger partial charge in [0.1, 0.15) is 17.9 Å². The van der Waals surface area contributed by atoms with Crippen molar-refractivity contribution >= 4 is 0 Å². The van der Waals surface area contributed by atoms with Crippen LogP contribution in [0.15, 0.2) is 24.5 Å². The molecule has 3 rings (SSSR count). The van der Waals surface area contributed by atoms with Crippen LogP contribution in [-0.4, -0.2) is 46.9 Å². The zero-order valence-electron chi connectivity index (χ0n) is 12.9. The molecule has 0 radical (unpaired) electrons. The van der Waals surface area contributed by atoms with E-state index in [-0.39, 0.29) is 0 Å². The highest BCUT2D eigenvalue weighted by Gasteiger charge is 2.24. The van der Waals surface area contributed by atoms with Gasteiger partial charge in [-0.05, 0) is 51.1 Å². The van der Waals surface area contributed by atoms with Crippen molar-refractivity contribution in [3.63, 3.8) is 0 Å². The largest absolute Gasteiger partial charge is 0.495 e. The molecular weight excluding hydrogens is 264 g/mol. The van der Waals surface area contributed by atoms with Gasteiger partial charge in [0.25, 0.3) is 0 Å². The van der Waals surface area contributed by atoms with Gasteiger partial charge in [0.05, 0.1) is 12.8 Å². The highest BCUT2D eigenvalue weighted by molar-refractivity contribution is 5.49. The van der Waals surface area contributed by atoms with Crippen molar-refractivity contribution in [2.24, 2.45) is 0 Å². The summed E-state index contributed by atoms with van der Waals surface area (Å²) in [6, 6.07) is 6.18. The van der Waals surface area contributed by atoms with E-state index in [2.05, 4.69) is 45.8 Å². The van der Waals surface area contributed by atoms with Gasteiger partial charge < -0.3 is 9.64 Å². The smallest absolute Gasteiger partial charge is 0.142 e. The molecule has 1 unspecified atom stereocenters. The van der Waals surface area contributed by atoms with Crippen LogP contribution in [0.25, 0.3) is 5.69 Å². The monoisotopic (exact) mass is 286 g/mol. The number of likely N-dealkylation sites (tertiary alicyclic amines) is 1. The quantitative estimate of drug-likeness (QED) is 0.869. The van der Waals surface area contributed by atoms with Crippen LogP contribution in [0, 0.1) is 6.92 Å². The Morgan fingerprint density at radius 3 is 2.95 bits per heavy atom. The summed E-state index contributed by atoms with van der Waals surface area (Å²) in [5.41, 5.74) is 2.22. The van der Waals surface area contributed by atoms with Gasteiger partial charge >= 0.3 is 0 Å². The molecule has 0 N–H and O–H groups in total. The molecule has 2 heterocycles. The van der Waals surface area contributed by atoms with Crippen LogP contribution in [0.2, 0.25) is 0 Å². The fraction of sp³-hybridized carbons (Fsp3) is 0.500. The van der Waals surface area contributed by atoms with E-state index in [9.17, 15) is 0 Å². The van der Waals surface area contributed by atoms with Gasteiger partial charge in [-0.25, -0.2) is 0 Å². The number of aryl methyl sites for hydroxylation is 1. The number of benzene rings is 1. The lowest BCUT2D eigenvalue weighted by Gasteiger charge is -2.29. The van der Waals surface area contributed by atoms with E-state index >= 15 is 0 Å². The van der Waals surface area contributed by atoms with Crippen molar-refractivity contribution in [3.05, 3.63) is 35.9 Å². The number of nitrogens with zero attached hydrogens (tertiary/aromatic N) is 4. The van der Waals surface area contributed by atoms with Crippen molar-refractivity contribution in [3.8, 4) is 11.4 Å². The van der Waals surface area contributed by atoms with Gasteiger partial charge in [-0.3, -0.25) is 4.57 Å². The lowest BCUT2D eigenvalue weighted by molar-refractivity contribution is 0.244. The third-order valence-electron chi connectivity index (χ3n) is 4.16. The van der Waals surface area contributed by atoms with E-state index in [0.29, 0.717) is 5.92 Å². The Labute approximate surface area is 125 Å². The maximum absolute atomic E-state index is 5.50. The second-order valence-corrected chi connectivity index (χ2v) is 5.84. The Kier molecular flexibility index (Phi) is 3.92. The van der Waals surface area contributed by atoms with Gasteiger partial charge in [-0.1, -0.05) is 6.07 Å². The van der Waals surface area contributed by atoms with Crippen LogP contribution >= 0.6 is 0 Å². The number of hydrogen-bond acceptors (Lipinski definition) is 4. The Morgan fingerprint density at radius 2 is 2.19 bits per heavy atom. The van der Waals surface area contributed by atoms with Gasteiger partial charge in [-0.2, -0.15) is 0 Å². The van der Waals surface area contributed by atoms with Crippen LogP contribution < -0.4 is 4.74 Å². The van der Waals surface area contributed by atoms with E-state index in [1.54, 1.807) is 13.4 Å². The van der Waals surface area contributed by atoms with Crippen molar-refractivity contribution in [2.75, 3.05) is 27.2 Å². The molecular formula is C16H22N4O. The van der Waals surface area contributed by atoms with E-state index < -0.39 is 0 Å². The molecule has 5 heteroatoms. The molecule has 0 saturated carbocycles. The van der Waals surface area contributed by atoms with Crippen molar-refractivity contribution in [1.29, 1.82) is 0 Å². The fourth-order valence-corrected chi connectivity index (χ4v) is 3.07. The van der Waals surface area contributed by atoms with Gasteiger partial charge in [0, 0.05) is 12.5 Å². The van der Waals surface area contributed by atoms with Crippen LogP contribution in [0.3, 0.4) is 0 Å². The summed E-state index contributed by atoms with van der Waals surface area (Å²) in [6.45, 7) is 4.28. The molecule has 21 heavy (non-hydrogen) atoms. The topological polar surface area (TPSA) is 43.2 Å².